The molecule has 2 aromatic rings. The summed E-state index contributed by atoms with van der Waals surface area (Å²) in [7, 11) is 0. The standard InChI is InChI=1S/C17H18N2O2/c1-17(2,3)16-11-18-13(10-19-16)15(21)9-8-12-6-4-5-7-14(12)20/h4-11,20H,1-3H3/b9-8+. The van der Waals surface area contributed by atoms with Crippen LogP contribution in [0.15, 0.2) is 42.7 Å². The number of carbonyl (C=O) groups excluding carboxylic acids is 1. The Labute approximate surface area is 124 Å². The fraction of sp³-hybridized carbons (Fsp3) is 0.235. The number of carbonyl (C=O) groups is 1. The number of hydrogen-bond acceptors (Lipinski definition) is 4. The van der Waals surface area contributed by atoms with Crippen LogP contribution in [0.1, 0.15) is 42.5 Å². The van der Waals surface area contributed by atoms with Gasteiger partial charge in [0.25, 0.3) is 0 Å². The summed E-state index contributed by atoms with van der Waals surface area (Å²) in [6, 6.07) is 6.82. The van der Waals surface area contributed by atoms with E-state index in [1.165, 1.54) is 12.3 Å². The van der Waals surface area contributed by atoms with Gasteiger partial charge in [0, 0.05) is 17.2 Å². The maximum atomic E-state index is 12.0. The highest BCUT2D eigenvalue weighted by Gasteiger charge is 2.16. The Kier molecular flexibility index (Phi) is 4.17. The second kappa shape index (κ2) is 5.87. The molecule has 4 nitrogen and oxygen atoms in total. The zero-order chi connectivity index (χ0) is 15.5. The summed E-state index contributed by atoms with van der Waals surface area (Å²) in [4.78, 5) is 20.5. The van der Waals surface area contributed by atoms with E-state index in [9.17, 15) is 9.90 Å². The number of rotatable bonds is 3. The molecule has 0 fully saturated rings. The van der Waals surface area contributed by atoms with Gasteiger partial charge in [-0.15, -0.1) is 0 Å². The average Bonchev–Trinajstić information content (AvgIpc) is 2.45. The minimum absolute atomic E-state index is 0.0970. The molecule has 1 aromatic carbocycles. The lowest BCUT2D eigenvalue weighted by atomic mass is 9.93. The van der Waals surface area contributed by atoms with Crippen LogP contribution in [0.25, 0.3) is 6.08 Å². The Bertz CT molecular complexity index is 668. The molecule has 0 bridgehead atoms. The molecular formula is C17H18N2O2. The first kappa shape index (κ1) is 14.9. The van der Waals surface area contributed by atoms with Gasteiger partial charge in [-0.3, -0.25) is 9.78 Å². The molecule has 21 heavy (non-hydrogen) atoms. The molecule has 2 rings (SSSR count). The lowest BCUT2D eigenvalue weighted by Gasteiger charge is -2.16. The first-order valence-electron chi connectivity index (χ1n) is 6.71. The number of nitrogens with zero attached hydrogens (tertiary/aromatic N) is 2. The van der Waals surface area contributed by atoms with E-state index >= 15 is 0 Å². The number of para-hydroxylation sites is 1. The summed E-state index contributed by atoms with van der Waals surface area (Å²) in [5.74, 6) is -0.109. The Morgan fingerprint density at radius 1 is 1.14 bits per heavy atom. The number of hydrogen-bond donors (Lipinski definition) is 1. The van der Waals surface area contributed by atoms with Crippen LogP contribution >= 0.6 is 0 Å². The highest BCUT2D eigenvalue weighted by molar-refractivity contribution is 6.05. The molecule has 0 atom stereocenters. The predicted molar refractivity (Wildman–Crippen MR) is 82.2 cm³/mol. The van der Waals surface area contributed by atoms with Crippen LogP contribution in [0.4, 0.5) is 0 Å². The molecule has 0 unspecified atom stereocenters. The molecule has 1 aromatic heterocycles. The van der Waals surface area contributed by atoms with Crippen LogP contribution in [-0.2, 0) is 5.41 Å². The van der Waals surface area contributed by atoms with Gasteiger partial charge in [-0.2, -0.15) is 0 Å². The van der Waals surface area contributed by atoms with Gasteiger partial charge in [-0.1, -0.05) is 39.0 Å². The highest BCUT2D eigenvalue weighted by atomic mass is 16.3. The molecule has 0 saturated carbocycles. The number of phenols is 1. The Morgan fingerprint density at radius 2 is 1.86 bits per heavy atom. The molecule has 0 aliphatic carbocycles. The van der Waals surface area contributed by atoms with E-state index in [1.54, 1.807) is 36.5 Å². The minimum Gasteiger partial charge on any atom is -0.507 e. The van der Waals surface area contributed by atoms with Crippen molar-refractivity contribution in [2.24, 2.45) is 0 Å². The van der Waals surface area contributed by atoms with Crippen LogP contribution < -0.4 is 0 Å². The van der Waals surface area contributed by atoms with Crippen LogP contribution in [0.5, 0.6) is 5.75 Å². The molecule has 0 saturated heterocycles. The third-order valence-corrected chi connectivity index (χ3v) is 3.02. The third kappa shape index (κ3) is 3.75. The van der Waals surface area contributed by atoms with Crippen molar-refractivity contribution in [3.63, 3.8) is 0 Å². The van der Waals surface area contributed by atoms with Gasteiger partial charge in [-0.05, 0) is 18.2 Å². The molecule has 0 aliphatic heterocycles. The fourth-order valence-corrected chi connectivity index (χ4v) is 1.72. The fourth-order valence-electron chi connectivity index (χ4n) is 1.72. The van der Waals surface area contributed by atoms with E-state index in [-0.39, 0.29) is 22.6 Å². The molecule has 0 radical (unpaired) electrons. The van der Waals surface area contributed by atoms with Gasteiger partial charge < -0.3 is 5.11 Å². The van der Waals surface area contributed by atoms with Crippen LogP contribution in [0, 0.1) is 0 Å². The zero-order valence-corrected chi connectivity index (χ0v) is 12.4. The zero-order valence-electron chi connectivity index (χ0n) is 12.4. The predicted octanol–water partition coefficient (Wildman–Crippen LogP) is 3.38. The Balaban J connectivity index is 2.16. The highest BCUT2D eigenvalue weighted by Crippen LogP contribution is 2.19. The average molecular weight is 282 g/mol. The maximum Gasteiger partial charge on any atom is 0.205 e. The molecule has 0 amide bonds. The second-order valence-corrected chi connectivity index (χ2v) is 5.79. The van der Waals surface area contributed by atoms with Crippen molar-refractivity contribution < 1.29 is 9.90 Å². The molecule has 0 spiro atoms. The SMILES string of the molecule is CC(C)(C)c1cnc(C(=O)/C=C/c2ccccc2O)cn1. The van der Waals surface area contributed by atoms with E-state index in [0.29, 0.717) is 5.56 Å². The number of ketones is 1. The number of phenolic OH excluding ortho intramolecular Hbond substituents is 1. The summed E-state index contributed by atoms with van der Waals surface area (Å²) in [5, 5.41) is 9.63. The van der Waals surface area contributed by atoms with E-state index in [1.807, 2.05) is 20.8 Å². The lowest BCUT2D eigenvalue weighted by Crippen LogP contribution is -2.14. The van der Waals surface area contributed by atoms with Crippen molar-refractivity contribution >= 4 is 11.9 Å². The van der Waals surface area contributed by atoms with Crippen molar-refractivity contribution in [2.45, 2.75) is 26.2 Å². The molecule has 108 valence electrons. The van der Waals surface area contributed by atoms with E-state index in [4.69, 9.17) is 0 Å². The smallest absolute Gasteiger partial charge is 0.205 e. The van der Waals surface area contributed by atoms with Gasteiger partial charge in [0.15, 0.2) is 0 Å². The third-order valence-electron chi connectivity index (χ3n) is 3.02. The number of benzene rings is 1. The van der Waals surface area contributed by atoms with E-state index < -0.39 is 0 Å². The summed E-state index contributed by atoms with van der Waals surface area (Å²) >= 11 is 0. The molecule has 0 aliphatic rings. The molecule has 1 heterocycles. The summed E-state index contributed by atoms with van der Waals surface area (Å²) < 4.78 is 0. The molecular weight excluding hydrogens is 264 g/mol. The van der Waals surface area contributed by atoms with Crippen LogP contribution in [0.2, 0.25) is 0 Å². The first-order chi connectivity index (χ1) is 9.88. The van der Waals surface area contributed by atoms with Crippen molar-refractivity contribution in [3.8, 4) is 5.75 Å². The van der Waals surface area contributed by atoms with Gasteiger partial charge in [0.05, 0.1) is 11.9 Å². The quantitative estimate of drug-likeness (QED) is 0.692. The molecule has 1 N–H and O–H groups in total. The molecule has 4 heteroatoms. The Hall–Kier alpha value is -2.49. The van der Waals surface area contributed by atoms with E-state index in [2.05, 4.69) is 9.97 Å². The Morgan fingerprint density at radius 3 is 2.43 bits per heavy atom. The number of aromatic nitrogens is 2. The summed E-state index contributed by atoms with van der Waals surface area (Å²) in [6.45, 7) is 6.11. The van der Waals surface area contributed by atoms with Crippen molar-refractivity contribution in [1.82, 2.24) is 9.97 Å². The largest absolute Gasteiger partial charge is 0.507 e. The summed E-state index contributed by atoms with van der Waals surface area (Å²) in [5.41, 5.74) is 1.61. The van der Waals surface area contributed by atoms with Crippen LogP contribution in [-0.4, -0.2) is 20.9 Å². The van der Waals surface area contributed by atoms with Crippen molar-refractivity contribution in [3.05, 3.63) is 59.7 Å². The van der Waals surface area contributed by atoms with Gasteiger partial charge >= 0.3 is 0 Å². The number of allylic oxidation sites excluding steroid dienone is 1. The topological polar surface area (TPSA) is 63.1 Å². The minimum atomic E-state index is -0.244. The monoisotopic (exact) mass is 282 g/mol. The number of aromatic hydroxyl groups is 1. The first-order valence-corrected chi connectivity index (χ1v) is 6.71. The van der Waals surface area contributed by atoms with E-state index in [0.717, 1.165) is 5.69 Å². The van der Waals surface area contributed by atoms with Gasteiger partial charge in [0.1, 0.15) is 11.4 Å². The normalized spacial score (nSPS) is 11.8. The lowest BCUT2D eigenvalue weighted by molar-refractivity contribution is 0.104. The second-order valence-electron chi connectivity index (χ2n) is 5.79. The maximum absolute atomic E-state index is 12.0. The van der Waals surface area contributed by atoms with Crippen molar-refractivity contribution in [2.75, 3.05) is 0 Å². The van der Waals surface area contributed by atoms with Gasteiger partial charge in [0.2, 0.25) is 5.78 Å². The summed E-state index contributed by atoms with van der Waals surface area (Å²) in [6.07, 6.45) is 6.06. The van der Waals surface area contributed by atoms with Gasteiger partial charge in [-0.25, -0.2) is 4.98 Å². The van der Waals surface area contributed by atoms with Crippen LogP contribution in [0.3, 0.4) is 0 Å². The van der Waals surface area contributed by atoms with Crippen molar-refractivity contribution in [1.29, 1.82) is 0 Å².